The monoisotopic (exact) mass is 500 g/mol. The molecule has 8 heteroatoms. The van der Waals surface area contributed by atoms with E-state index in [4.69, 9.17) is 16.7 Å². The molecule has 3 aromatic rings. The van der Waals surface area contributed by atoms with Gasteiger partial charge in [0.2, 0.25) is 0 Å². The first-order valence-electron chi connectivity index (χ1n) is 11.6. The van der Waals surface area contributed by atoms with Gasteiger partial charge in [-0.25, -0.2) is 14.6 Å². The number of aliphatic carboxylic acids is 1. The van der Waals surface area contributed by atoms with Gasteiger partial charge in [0.05, 0.1) is 22.0 Å². The highest BCUT2D eigenvalue weighted by Gasteiger charge is 2.31. The number of carboxylic acid groups (broad SMARTS) is 1. The third-order valence-corrected chi connectivity index (χ3v) is 6.78. The number of aromatic nitrogens is 1. The normalized spacial score (nSPS) is 17.6. The van der Waals surface area contributed by atoms with Crippen molar-refractivity contribution in [3.05, 3.63) is 99.3 Å². The van der Waals surface area contributed by atoms with Gasteiger partial charge in [0.15, 0.2) is 6.30 Å². The molecule has 1 aliphatic carbocycles. The minimum Gasteiger partial charge on any atom is -0.478 e. The molecule has 6 nitrogen and oxygen atoms in total. The lowest BCUT2D eigenvalue weighted by molar-refractivity contribution is -0.131. The minimum atomic E-state index is -1.35. The van der Waals surface area contributed by atoms with Gasteiger partial charge in [-0.05, 0) is 70.9 Å². The molecule has 1 aromatic heterocycles. The SMILES string of the molecule is N#Cc1cc(Cl)cnc1/C(=C(\c1ccc(/C=C/C(=O)O)cc1)c1ccc2c(c1)C(F)NN2)C1CCC1. The smallest absolute Gasteiger partial charge is 0.328 e. The maximum absolute atomic E-state index is 14.6. The quantitative estimate of drug-likeness (QED) is 0.269. The van der Waals surface area contributed by atoms with Crippen LogP contribution < -0.4 is 10.9 Å². The molecule has 2 aromatic carbocycles. The minimum absolute atomic E-state index is 0.179. The fourth-order valence-corrected chi connectivity index (χ4v) is 4.78. The molecule has 3 N–H and O–H groups in total. The molecule has 1 atom stereocenters. The molecule has 5 rings (SSSR count). The zero-order valence-corrected chi connectivity index (χ0v) is 19.9. The van der Waals surface area contributed by atoms with Crippen molar-refractivity contribution in [3.8, 4) is 6.07 Å². The zero-order valence-electron chi connectivity index (χ0n) is 19.1. The predicted octanol–water partition coefficient (Wildman–Crippen LogP) is 6.36. The first-order valence-corrected chi connectivity index (χ1v) is 11.9. The first kappa shape index (κ1) is 23.7. The number of fused-ring (bicyclic) bond motifs is 1. The number of hydrazine groups is 1. The number of benzene rings is 2. The van der Waals surface area contributed by atoms with E-state index in [1.165, 1.54) is 6.08 Å². The summed E-state index contributed by atoms with van der Waals surface area (Å²) >= 11 is 6.16. The highest BCUT2D eigenvalue weighted by molar-refractivity contribution is 6.30. The molecule has 0 spiro atoms. The zero-order chi connectivity index (χ0) is 25.2. The predicted molar refractivity (Wildman–Crippen MR) is 137 cm³/mol. The lowest BCUT2D eigenvalue weighted by Gasteiger charge is -2.31. The Morgan fingerprint density at radius 1 is 1.17 bits per heavy atom. The lowest BCUT2D eigenvalue weighted by atomic mass is 9.73. The summed E-state index contributed by atoms with van der Waals surface area (Å²) in [6.45, 7) is 0. The Hall–Kier alpha value is -3.99. The van der Waals surface area contributed by atoms with E-state index >= 15 is 0 Å². The summed E-state index contributed by atoms with van der Waals surface area (Å²) in [5, 5.41) is 19.2. The number of allylic oxidation sites excluding steroid dienone is 1. The summed E-state index contributed by atoms with van der Waals surface area (Å²) in [5.74, 6) is -0.844. The van der Waals surface area contributed by atoms with Gasteiger partial charge in [-0.3, -0.25) is 4.98 Å². The van der Waals surface area contributed by atoms with Crippen molar-refractivity contribution in [1.29, 1.82) is 5.26 Å². The van der Waals surface area contributed by atoms with Crippen LogP contribution >= 0.6 is 11.6 Å². The number of hydrogen-bond acceptors (Lipinski definition) is 5. The van der Waals surface area contributed by atoms with E-state index in [2.05, 4.69) is 21.9 Å². The maximum atomic E-state index is 14.6. The third-order valence-electron chi connectivity index (χ3n) is 6.58. The van der Waals surface area contributed by atoms with Crippen LogP contribution in [0.3, 0.4) is 0 Å². The van der Waals surface area contributed by atoms with Crippen LogP contribution in [0.25, 0.3) is 17.2 Å². The maximum Gasteiger partial charge on any atom is 0.328 e. The van der Waals surface area contributed by atoms with Crippen molar-refractivity contribution < 1.29 is 14.3 Å². The van der Waals surface area contributed by atoms with Crippen LogP contribution in [0, 0.1) is 17.2 Å². The molecule has 2 aliphatic rings. The Balaban J connectivity index is 1.76. The topological polar surface area (TPSA) is 98.0 Å². The van der Waals surface area contributed by atoms with Gasteiger partial charge in [-0.1, -0.05) is 48.4 Å². The Morgan fingerprint density at radius 3 is 2.58 bits per heavy atom. The Bertz CT molecular complexity index is 1440. The number of nitrogens with zero attached hydrogens (tertiary/aromatic N) is 2. The summed E-state index contributed by atoms with van der Waals surface area (Å²) in [4.78, 5) is 15.5. The average molecular weight is 501 g/mol. The van der Waals surface area contributed by atoms with E-state index in [9.17, 15) is 14.4 Å². The Labute approximate surface area is 212 Å². The van der Waals surface area contributed by atoms with Crippen LogP contribution in [-0.2, 0) is 4.79 Å². The molecular formula is C28H22ClFN4O2. The van der Waals surface area contributed by atoms with Gasteiger partial charge in [0, 0.05) is 17.8 Å². The van der Waals surface area contributed by atoms with Gasteiger partial charge in [0.1, 0.15) is 6.07 Å². The summed E-state index contributed by atoms with van der Waals surface area (Å²) in [6.07, 6.45) is 5.78. The largest absolute Gasteiger partial charge is 0.478 e. The van der Waals surface area contributed by atoms with Crippen molar-refractivity contribution in [2.45, 2.75) is 25.6 Å². The van der Waals surface area contributed by atoms with Gasteiger partial charge in [-0.15, -0.1) is 0 Å². The summed E-state index contributed by atoms with van der Waals surface area (Å²) < 4.78 is 14.6. The number of carboxylic acids is 1. The van der Waals surface area contributed by atoms with Gasteiger partial charge < -0.3 is 10.5 Å². The van der Waals surface area contributed by atoms with Crippen molar-refractivity contribution in [2.75, 3.05) is 5.43 Å². The van der Waals surface area contributed by atoms with Crippen LogP contribution in [0.4, 0.5) is 10.1 Å². The number of halogens is 2. The van der Waals surface area contributed by atoms with Gasteiger partial charge in [0.25, 0.3) is 0 Å². The molecule has 0 bridgehead atoms. The lowest BCUT2D eigenvalue weighted by Crippen LogP contribution is -2.17. The van der Waals surface area contributed by atoms with Gasteiger partial charge >= 0.3 is 5.97 Å². The molecular weight excluding hydrogens is 479 g/mol. The number of nitriles is 1. The van der Waals surface area contributed by atoms with E-state index in [0.717, 1.165) is 53.2 Å². The molecule has 1 aliphatic heterocycles. The average Bonchev–Trinajstić information content (AvgIpc) is 3.22. The van der Waals surface area contributed by atoms with E-state index in [-0.39, 0.29) is 5.92 Å². The summed E-state index contributed by atoms with van der Waals surface area (Å²) in [5.41, 5.74) is 11.8. The Morgan fingerprint density at radius 2 is 1.92 bits per heavy atom. The van der Waals surface area contributed by atoms with Crippen LogP contribution in [0.2, 0.25) is 5.02 Å². The molecule has 0 radical (unpaired) electrons. The number of carbonyl (C=O) groups is 1. The van der Waals surface area contributed by atoms with E-state index in [1.54, 1.807) is 12.3 Å². The fourth-order valence-electron chi connectivity index (χ4n) is 4.62. The van der Waals surface area contributed by atoms with Gasteiger partial charge in [-0.2, -0.15) is 5.26 Å². The molecule has 1 saturated carbocycles. The van der Waals surface area contributed by atoms with Crippen LogP contribution in [0.1, 0.15) is 59.1 Å². The van der Waals surface area contributed by atoms with Crippen molar-refractivity contribution in [2.24, 2.45) is 5.92 Å². The van der Waals surface area contributed by atoms with Crippen molar-refractivity contribution in [3.63, 3.8) is 0 Å². The molecule has 36 heavy (non-hydrogen) atoms. The number of anilines is 1. The second kappa shape index (κ2) is 9.94. The van der Waals surface area contributed by atoms with Crippen LogP contribution in [0.5, 0.6) is 0 Å². The number of nitrogens with one attached hydrogen (secondary N) is 2. The standard InChI is InChI=1S/C28H22ClFN4O2/c29-21-12-20(14-31)27(32-15-21)26(17-2-1-3-17)25(18-7-4-16(5-8-18)6-11-24(35)36)19-9-10-23-22(13-19)28(30)34-33-23/h4-13,15,17,28,33-34H,1-3H2,(H,35,36)/b11-6+,26-25+. The van der Waals surface area contributed by atoms with Crippen LogP contribution in [-0.4, -0.2) is 16.1 Å². The van der Waals surface area contributed by atoms with E-state index < -0.39 is 12.3 Å². The highest BCUT2D eigenvalue weighted by Crippen LogP contribution is 2.46. The van der Waals surface area contributed by atoms with Crippen molar-refractivity contribution in [1.82, 2.24) is 10.4 Å². The first-order chi connectivity index (χ1) is 17.4. The summed E-state index contributed by atoms with van der Waals surface area (Å²) in [6, 6.07) is 16.9. The van der Waals surface area contributed by atoms with E-state index in [0.29, 0.717) is 27.5 Å². The Kier molecular flexibility index (Phi) is 6.55. The number of hydrogen-bond donors (Lipinski definition) is 3. The number of pyridine rings is 1. The summed E-state index contributed by atoms with van der Waals surface area (Å²) in [7, 11) is 0. The highest BCUT2D eigenvalue weighted by atomic mass is 35.5. The molecule has 1 unspecified atom stereocenters. The fraction of sp³-hybridized carbons (Fsp3) is 0.179. The molecule has 1 fully saturated rings. The van der Waals surface area contributed by atoms with E-state index in [1.807, 2.05) is 42.5 Å². The molecule has 0 saturated heterocycles. The van der Waals surface area contributed by atoms with Crippen molar-refractivity contribution >= 4 is 40.5 Å². The molecule has 180 valence electrons. The third kappa shape index (κ3) is 4.61. The number of rotatable bonds is 6. The second-order valence-corrected chi connectivity index (χ2v) is 9.24. The molecule has 0 amide bonds. The van der Waals surface area contributed by atoms with Crippen LogP contribution in [0.15, 0.2) is 60.8 Å². The number of alkyl halides is 1. The second-order valence-electron chi connectivity index (χ2n) is 8.81. The molecule has 2 heterocycles.